The molecule has 0 fully saturated rings. The lowest BCUT2D eigenvalue weighted by molar-refractivity contribution is 0.0781. The molecule has 0 aliphatic heterocycles. The number of benzene rings is 4. The minimum absolute atomic E-state index is 0.212. The largest absolute Gasteiger partial charge is 0.455 e. The number of nitrogens with one attached hydrogen (secondary N) is 4. The van der Waals surface area contributed by atoms with Gasteiger partial charge >= 0.3 is 24.4 Å². The fourth-order valence-corrected chi connectivity index (χ4v) is 26.8. The number of aryl methyl sites for hydroxylation is 4. The van der Waals surface area contributed by atoms with Crippen LogP contribution in [0.5, 0.6) is 0 Å². The number of hydrogen-bond donors (Lipinski definition) is 4. The van der Waals surface area contributed by atoms with E-state index in [1.807, 2.05) is 125 Å². The van der Waals surface area contributed by atoms with Crippen LogP contribution >= 0.6 is 0 Å². The Kier molecular flexibility index (Phi) is 33.3. The lowest BCUT2D eigenvalue weighted by atomic mass is 10.2. The smallest absolute Gasteiger partial charge is 0.411 e. The second-order valence-electron chi connectivity index (χ2n) is 23.5. The lowest BCUT2D eigenvalue weighted by Gasteiger charge is -2.34. The molecule has 0 spiro atoms. The SMILES string of the molecule is Cc1ccc(NC(=O)OCCCCCC[Si](C)(C)O[Si](C)(C)CCCCCCOC(=O)Nc2ccc(C)cc2)cc1.Cc1ccc(NC(=O)OCCOCCC[Si](C)(C)O[Si](C)(C)CCCOCCOC(=O)Nc2ccc(C)cc2)cc1. The van der Waals surface area contributed by atoms with E-state index in [4.69, 9.17) is 36.7 Å². The van der Waals surface area contributed by atoms with E-state index in [2.05, 4.69) is 73.6 Å². The van der Waals surface area contributed by atoms with Gasteiger partial charge in [0.15, 0.2) is 33.3 Å². The minimum atomic E-state index is -1.82. The van der Waals surface area contributed by atoms with E-state index in [0.717, 1.165) is 110 Å². The Hall–Kier alpha value is -5.33. The van der Waals surface area contributed by atoms with Crippen LogP contribution in [0.15, 0.2) is 97.1 Å². The Morgan fingerprint density at radius 1 is 0.293 bits per heavy atom. The van der Waals surface area contributed by atoms with Crippen molar-refractivity contribution in [3.8, 4) is 0 Å². The number of hydrogen-bond acceptors (Lipinski definition) is 12. The molecule has 4 N–H and O–H groups in total. The van der Waals surface area contributed by atoms with Crippen LogP contribution < -0.4 is 21.3 Å². The summed E-state index contributed by atoms with van der Waals surface area (Å²) in [6, 6.07) is 34.8. The van der Waals surface area contributed by atoms with Crippen molar-refractivity contribution in [3.63, 3.8) is 0 Å². The molecular weight excluding hydrogens is 1110 g/mol. The summed E-state index contributed by atoms with van der Waals surface area (Å²) in [6.45, 7) is 29.7. The second kappa shape index (κ2) is 38.5. The van der Waals surface area contributed by atoms with Gasteiger partial charge in [0, 0.05) is 36.0 Å². The predicted molar refractivity (Wildman–Crippen MR) is 344 cm³/mol. The molecule has 0 aliphatic carbocycles. The van der Waals surface area contributed by atoms with Crippen molar-refractivity contribution >= 4 is 80.4 Å². The summed E-state index contributed by atoms with van der Waals surface area (Å²) >= 11 is 0. The van der Waals surface area contributed by atoms with Crippen LogP contribution in [-0.4, -0.2) is 110 Å². The molecular formula is C62H100N4O12Si4. The Balaban J connectivity index is 0.000000430. The topological polar surface area (TPSA) is 190 Å². The zero-order valence-corrected chi connectivity index (χ0v) is 55.7. The maximum absolute atomic E-state index is 11.9. The highest BCUT2D eigenvalue weighted by Gasteiger charge is 2.33. The summed E-state index contributed by atoms with van der Waals surface area (Å²) in [5.41, 5.74) is 7.49. The van der Waals surface area contributed by atoms with E-state index in [9.17, 15) is 19.2 Å². The molecule has 20 heteroatoms. The van der Waals surface area contributed by atoms with E-state index < -0.39 is 57.6 Å². The molecule has 82 heavy (non-hydrogen) atoms. The molecule has 0 radical (unpaired) electrons. The molecule has 4 aromatic rings. The molecule has 0 atom stereocenters. The van der Waals surface area contributed by atoms with Crippen molar-refractivity contribution in [2.45, 2.75) is 168 Å². The van der Waals surface area contributed by atoms with Crippen LogP contribution in [0.3, 0.4) is 0 Å². The molecule has 0 saturated heterocycles. The van der Waals surface area contributed by atoms with Gasteiger partial charge in [-0.25, -0.2) is 19.2 Å². The average Bonchev–Trinajstić information content (AvgIpc) is 3.40. The number of carbonyl (C=O) groups is 4. The van der Waals surface area contributed by atoms with Gasteiger partial charge in [0.05, 0.1) is 26.4 Å². The van der Waals surface area contributed by atoms with Gasteiger partial charge in [0.2, 0.25) is 0 Å². The number of rotatable bonds is 36. The van der Waals surface area contributed by atoms with Gasteiger partial charge in [-0.15, -0.1) is 0 Å². The molecule has 0 heterocycles. The number of amides is 4. The molecule has 4 amide bonds. The van der Waals surface area contributed by atoms with Gasteiger partial charge in [-0.1, -0.05) is 109 Å². The number of ether oxygens (including phenoxy) is 6. The lowest BCUT2D eigenvalue weighted by Crippen LogP contribution is -2.44. The summed E-state index contributed by atoms with van der Waals surface area (Å²) in [5, 5.41) is 10.9. The van der Waals surface area contributed by atoms with E-state index in [-0.39, 0.29) is 13.2 Å². The van der Waals surface area contributed by atoms with Crippen LogP contribution in [0.25, 0.3) is 0 Å². The van der Waals surface area contributed by atoms with Gasteiger partial charge in [-0.05, 0) is 178 Å². The summed E-state index contributed by atoms with van der Waals surface area (Å²) in [4.78, 5) is 47.6. The maximum atomic E-state index is 11.9. The van der Waals surface area contributed by atoms with Crippen LogP contribution in [0.1, 0.15) is 86.5 Å². The van der Waals surface area contributed by atoms with Crippen LogP contribution in [0.2, 0.25) is 76.6 Å². The highest BCUT2D eigenvalue weighted by molar-refractivity contribution is 6.85. The van der Waals surface area contributed by atoms with E-state index in [1.165, 1.54) is 12.1 Å². The van der Waals surface area contributed by atoms with E-state index in [0.29, 0.717) is 51.0 Å². The van der Waals surface area contributed by atoms with Crippen molar-refractivity contribution in [1.82, 2.24) is 0 Å². The van der Waals surface area contributed by atoms with Crippen molar-refractivity contribution in [1.29, 1.82) is 0 Å². The molecule has 0 unspecified atom stereocenters. The molecule has 0 saturated carbocycles. The van der Waals surface area contributed by atoms with Gasteiger partial charge in [-0.3, -0.25) is 21.3 Å². The first kappa shape index (κ1) is 70.9. The Bertz CT molecular complexity index is 2090. The second-order valence-corrected chi connectivity index (χ2v) is 41.2. The average molecular weight is 1210 g/mol. The maximum Gasteiger partial charge on any atom is 0.411 e. The highest BCUT2D eigenvalue weighted by Crippen LogP contribution is 2.27. The highest BCUT2D eigenvalue weighted by atomic mass is 28.4. The van der Waals surface area contributed by atoms with Crippen molar-refractivity contribution in [2.75, 3.05) is 74.1 Å². The normalized spacial score (nSPS) is 11.7. The summed E-state index contributed by atoms with van der Waals surface area (Å²) in [7, 11) is -7.04. The quantitative estimate of drug-likeness (QED) is 0.0192. The number of unbranched alkanes of at least 4 members (excludes halogenated alkanes) is 6. The Morgan fingerprint density at radius 2 is 0.524 bits per heavy atom. The first-order valence-electron chi connectivity index (χ1n) is 29.5. The summed E-state index contributed by atoms with van der Waals surface area (Å²) in [5.74, 6) is 0. The fraction of sp³-hybridized carbons (Fsp3) is 0.548. The van der Waals surface area contributed by atoms with E-state index >= 15 is 0 Å². The predicted octanol–water partition coefficient (Wildman–Crippen LogP) is 17.0. The minimum Gasteiger partial charge on any atom is -0.455 e. The molecule has 0 aromatic heterocycles. The number of anilines is 4. The summed E-state index contributed by atoms with van der Waals surface area (Å²) in [6.07, 6.45) is 8.56. The van der Waals surface area contributed by atoms with Crippen LogP contribution in [0.4, 0.5) is 41.9 Å². The first-order valence-corrected chi connectivity index (χ1v) is 41.9. The Morgan fingerprint density at radius 3 is 0.793 bits per heavy atom. The molecule has 16 nitrogen and oxygen atoms in total. The van der Waals surface area contributed by atoms with Crippen LogP contribution in [-0.2, 0) is 36.7 Å². The third-order valence-corrected chi connectivity index (χ3v) is 28.2. The first-order chi connectivity index (χ1) is 38.9. The van der Waals surface area contributed by atoms with Gasteiger partial charge in [-0.2, -0.15) is 0 Å². The van der Waals surface area contributed by atoms with Crippen LogP contribution in [0, 0.1) is 27.7 Å². The summed E-state index contributed by atoms with van der Waals surface area (Å²) < 4.78 is 45.8. The van der Waals surface area contributed by atoms with Gasteiger partial charge < -0.3 is 36.7 Å². The molecule has 456 valence electrons. The molecule has 0 aliphatic rings. The zero-order valence-electron chi connectivity index (χ0n) is 51.7. The zero-order chi connectivity index (χ0) is 60.3. The Labute approximate surface area is 495 Å². The monoisotopic (exact) mass is 1200 g/mol. The molecule has 4 rings (SSSR count). The van der Waals surface area contributed by atoms with Crippen molar-refractivity contribution < 1.29 is 55.8 Å². The third kappa shape index (κ3) is 35.6. The number of carbonyl (C=O) groups excluding carboxylic acids is 4. The van der Waals surface area contributed by atoms with Gasteiger partial charge in [0.25, 0.3) is 0 Å². The fourth-order valence-electron chi connectivity index (χ4n) is 9.00. The van der Waals surface area contributed by atoms with Gasteiger partial charge in [0.1, 0.15) is 13.2 Å². The standard InChI is InChI=1S/C32H52N2O5Si2.C30H48N2O7Si2/c1-27-15-19-29(20-16-27)33-31(35)37-23-11-7-9-13-25-40(3,4)39-41(5,6)26-14-10-8-12-24-38-32(36)34-30-21-17-28(2)18-22-30;1-25-9-13-27(14-10-25)31-29(33)37-21-19-35-17-7-23-40(3,4)39-41(5,6)24-8-18-36-20-22-38-30(34)32-28-15-11-26(2)12-16-28/h15-22H,7-14,23-26H2,1-6H3,(H,33,35)(H,34,36);9-16H,7-8,17-24H2,1-6H3,(H,31,33)(H,32,34). The van der Waals surface area contributed by atoms with Crippen molar-refractivity contribution in [2.24, 2.45) is 0 Å². The molecule has 0 bridgehead atoms. The van der Waals surface area contributed by atoms with Crippen molar-refractivity contribution in [3.05, 3.63) is 119 Å². The van der Waals surface area contributed by atoms with E-state index in [1.54, 1.807) is 0 Å². The molecule has 4 aromatic carbocycles. The third-order valence-electron chi connectivity index (χ3n) is 13.2.